The Morgan fingerprint density at radius 2 is 1.93 bits per heavy atom. The molecule has 0 atom stereocenters. The number of amidine groups is 1. The van der Waals surface area contributed by atoms with Gasteiger partial charge in [-0.15, -0.1) is 0 Å². The highest BCUT2D eigenvalue weighted by molar-refractivity contribution is 9.10. The van der Waals surface area contributed by atoms with Crippen LogP contribution >= 0.6 is 28.1 Å². The molecule has 0 amide bonds. The van der Waals surface area contributed by atoms with Gasteiger partial charge in [-0.25, -0.2) is 13.2 Å². The van der Waals surface area contributed by atoms with E-state index < -0.39 is 12.5 Å². The first kappa shape index (κ1) is 19.8. The van der Waals surface area contributed by atoms with E-state index >= 15 is 0 Å². The molecule has 142 valence electrons. The summed E-state index contributed by atoms with van der Waals surface area (Å²) in [6, 6.07) is 8.98. The molecule has 1 aromatic heterocycles. The third-order valence-corrected chi connectivity index (χ3v) is 4.95. The van der Waals surface area contributed by atoms with Crippen LogP contribution in [0.15, 0.2) is 52.2 Å². The summed E-state index contributed by atoms with van der Waals surface area (Å²) in [5, 5.41) is 3.15. The van der Waals surface area contributed by atoms with Crippen LogP contribution in [0.3, 0.4) is 0 Å². The van der Waals surface area contributed by atoms with Crippen LogP contribution in [0.25, 0.3) is 0 Å². The Morgan fingerprint density at radius 1 is 1.19 bits per heavy atom. The van der Waals surface area contributed by atoms with Crippen molar-refractivity contribution in [3.8, 4) is 0 Å². The van der Waals surface area contributed by atoms with Crippen molar-refractivity contribution in [3.05, 3.63) is 64.1 Å². The summed E-state index contributed by atoms with van der Waals surface area (Å²) in [6.45, 7) is -0.268. The second-order valence-corrected chi connectivity index (χ2v) is 7.35. The van der Waals surface area contributed by atoms with E-state index in [0.29, 0.717) is 22.0 Å². The van der Waals surface area contributed by atoms with Crippen molar-refractivity contribution in [2.24, 2.45) is 4.99 Å². The van der Waals surface area contributed by atoms with E-state index in [1.54, 1.807) is 24.5 Å². The molecule has 1 saturated heterocycles. The lowest BCUT2D eigenvalue weighted by Crippen LogP contribution is -2.46. The van der Waals surface area contributed by atoms with E-state index in [1.807, 2.05) is 12.1 Å². The molecular formula is C18H16BrF3N4S. The van der Waals surface area contributed by atoms with Crippen LogP contribution in [0.1, 0.15) is 11.1 Å². The van der Waals surface area contributed by atoms with E-state index in [1.165, 1.54) is 16.5 Å². The highest BCUT2D eigenvalue weighted by atomic mass is 79.9. The quantitative estimate of drug-likeness (QED) is 0.697. The number of hydrogen-bond acceptors (Lipinski definition) is 3. The zero-order chi connectivity index (χ0) is 19.4. The molecule has 27 heavy (non-hydrogen) atoms. The number of fused-ring (bicyclic) bond motifs is 1. The van der Waals surface area contributed by atoms with Gasteiger partial charge in [0.15, 0.2) is 5.11 Å². The van der Waals surface area contributed by atoms with Gasteiger partial charge in [-0.2, -0.15) is 0 Å². The Kier molecular flexibility index (Phi) is 6.11. The van der Waals surface area contributed by atoms with E-state index in [2.05, 4.69) is 31.2 Å². The van der Waals surface area contributed by atoms with Gasteiger partial charge in [0.05, 0.1) is 17.6 Å². The van der Waals surface area contributed by atoms with Crippen LogP contribution < -0.4 is 5.32 Å². The summed E-state index contributed by atoms with van der Waals surface area (Å²) in [7, 11) is 0. The molecule has 4 nitrogen and oxygen atoms in total. The smallest absolute Gasteiger partial charge is 0.284 e. The SMILES string of the molecule is FC1(F)CN=C2CNC(=S)N2C1.Fc1ccc(Cc2ccncc2)cc1Br. The first-order valence-electron chi connectivity index (χ1n) is 8.13. The maximum atomic E-state index is 13.0. The Bertz CT molecular complexity index is 861. The zero-order valence-corrected chi connectivity index (χ0v) is 16.5. The number of thiocarbonyl (C=S) groups is 1. The van der Waals surface area contributed by atoms with Gasteiger partial charge < -0.3 is 5.32 Å². The van der Waals surface area contributed by atoms with Gasteiger partial charge in [-0.05, 0) is 70.0 Å². The maximum absolute atomic E-state index is 13.0. The standard InChI is InChI=1S/C12H9BrFN.C6H7F2N3S/c13-11-8-10(1-2-12(11)14)7-9-3-5-15-6-4-9;7-6(8)2-10-4-1-9-5(12)11(4)3-6/h1-6,8H,7H2;1-3H2,(H,9,12). The van der Waals surface area contributed by atoms with Gasteiger partial charge in [-0.1, -0.05) is 6.07 Å². The molecule has 0 unspecified atom stereocenters. The van der Waals surface area contributed by atoms with Gasteiger partial charge in [0, 0.05) is 12.4 Å². The minimum Gasteiger partial charge on any atom is -0.355 e. The Morgan fingerprint density at radius 3 is 2.63 bits per heavy atom. The first-order valence-corrected chi connectivity index (χ1v) is 9.33. The molecule has 2 aliphatic rings. The molecule has 0 saturated carbocycles. The number of rotatable bonds is 2. The molecule has 2 aromatic rings. The number of nitrogens with one attached hydrogen (secondary N) is 1. The summed E-state index contributed by atoms with van der Waals surface area (Å²) in [4.78, 5) is 9.05. The summed E-state index contributed by atoms with van der Waals surface area (Å²) < 4.78 is 39.0. The lowest BCUT2D eigenvalue weighted by atomic mass is 10.1. The second kappa shape index (κ2) is 8.35. The number of pyridine rings is 1. The average Bonchev–Trinajstić information content (AvgIpc) is 2.99. The largest absolute Gasteiger partial charge is 0.355 e. The van der Waals surface area contributed by atoms with Crippen LogP contribution in [-0.2, 0) is 6.42 Å². The topological polar surface area (TPSA) is 40.5 Å². The fourth-order valence-corrected chi connectivity index (χ4v) is 3.31. The minimum absolute atomic E-state index is 0.228. The molecule has 1 N–H and O–H groups in total. The third-order valence-electron chi connectivity index (χ3n) is 3.98. The number of halogens is 4. The number of hydrogen-bond donors (Lipinski definition) is 1. The molecule has 4 rings (SSSR count). The van der Waals surface area contributed by atoms with Crippen LogP contribution in [-0.4, -0.2) is 46.4 Å². The molecule has 0 radical (unpaired) electrons. The van der Waals surface area contributed by atoms with Crippen molar-refractivity contribution in [3.63, 3.8) is 0 Å². The van der Waals surface area contributed by atoms with Crippen molar-refractivity contribution in [2.75, 3.05) is 19.6 Å². The molecule has 0 bridgehead atoms. The predicted molar refractivity (Wildman–Crippen MR) is 106 cm³/mol. The molecule has 0 aliphatic carbocycles. The Labute approximate surface area is 168 Å². The van der Waals surface area contributed by atoms with Crippen molar-refractivity contribution >= 4 is 39.1 Å². The van der Waals surface area contributed by atoms with Gasteiger partial charge in [-0.3, -0.25) is 14.9 Å². The normalized spacial score (nSPS) is 17.4. The van der Waals surface area contributed by atoms with Gasteiger partial charge in [0.25, 0.3) is 5.92 Å². The molecule has 9 heteroatoms. The van der Waals surface area contributed by atoms with Crippen LogP contribution in [0.2, 0.25) is 0 Å². The minimum atomic E-state index is -2.74. The molecule has 0 spiro atoms. The van der Waals surface area contributed by atoms with E-state index in [-0.39, 0.29) is 12.4 Å². The highest BCUT2D eigenvalue weighted by Crippen LogP contribution is 2.22. The molecule has 1 fully saturated rings. The Balaban J connectivity index is 0.000000159. The van der Waals surface area contributed by atoms with Crippen LogP contribution in [0.5, 0.6) is 0 Å². The lowest BCUT2D eigenvalue weighted by molar-refractivity contribution is -0.00324. The number of aromatic nitrogens is 1. The number of aliphatic imine (C=N–C) groups is 1. The average molecular weight is 457 g/mol. The number of benzene rings is 1. The summed E-state index contributed by atoms with van der Waals surface area (Å²) in [5.74, 6) is -2.33. The van der Waals surface area contributed by atoms with Gasteiger partial charge >= 0.3 is 0 Å². The van der Waals surface area contributed by atoms with E-state index in [4.69, 9.17) is 12.2 Å². The van der Waals surface area contributed by atoms with Crippen molar-refractivity contribution in [1.29, 1.82) is 0 Å². The monoisotopic (exact) mass is 456 g/mol. The predicted octanol–water partition coefficient (Wildman–Crippen LogP) is 3.80. The number of alkyl halides is 2. The third kappa shape index (κ3) is 5.26. The molecular weight excluding hydrogens is 441 g/mol. The number of nitrogens with zero attached hydrogens (tertiary/aromatic N) is 3. The van der Waals surface area contributed by atoms with Gasteiger partial charge in [0.1, 0.15) is 18.2 Å². The van der Waals surface area contributed by atoms with Gasteiger partial charge in [0.2, 0.25) is 0 Å². The van der Waals surface area contributed by atoms with Crippen molar-refractivity contribution in [2.45, 2.75) is 12.3 Å². The van der Waals surface area contributed by atoms with Crippen LogP contribution in [0, 0.1) is 5.82 Å². The second-order valence-electron chi connectivity index (χ2n) is 6.11. The highest BCUT2D eigenvalue weighted by Gasteiger charge is 2.40. The molecule has 1 aromatic carbocycles. The fourth-order valence-electron chi connectivity index (χ4n) is 2.64. The van der Waals surface area contributed by atoms with Crippen molar-refractivity contribution in [1.82, 2.24) is 15.2 Å². The zero-order valence-electron chi connectivity index (χ0n) is 14.1. The van der Waals surface area contributed by atoms with Crippen LogP contribution in [0.4, 0.5) is 13.2 Å². The fraction of sp³-hybridized carbons (Fsp3) is 0.278. The maximum Gasteiger partial charge on any atom is 0.284 e. The molecule has 3 heterocycles. The van der Waals surface area contributed by atoms with E-state index in [9.17, 15) is 13.2 Å². The lowest BCUT2D eigenvalue weighted by Gasteiger charge is -2.27. The van der Waals surface area contributed by atoms with E-state index in [0.717, 1.165) is 12.0 Å². The van der Waals surface area contributed by atoms with Crippen molar-refractivity contribution < 1.29 is 13.2 Å². The first-order chi connectivity index (χ1) is 12.8. The summed E-state index contributed by atoms with van der Waals surface area (Å²) >= 11 is 7.99. The molecule has 2 aliphatic heterocycles. The summed E-state index contributed by atoms with van der Waals surface area (Å²) in [5.41, 5.74) is 2.25. The Hall–Kier alpha value is -2.00. The summed E-state index contributed by atoms with van der Waals surface area (Å²) in [6.07, 6.45) is 4.31.